The number of para-hydroxylation sites is 1. The Bertz CT molecular complexity index is 863. The highest BCUT2D eigenvalue weighted by Gasteiger charge is 2.18. The summed E-state index contributed by atoms with van der Waals surface area (Å²) in [5, 5.41) is 14.9. The van der Waals surface area contributed by atoms with Crippen LogP contribution in [0.15, 0.2) is 53.6 Å². The fraction of sp³-hybridized carbons (Fsp3) is 0.263. The molecule has 134 valence electrons. The van der Waals surface area contributed by atoms with Gasteiger partial charge in [0, 0.05) is 29.9 Å². The number of hydrogen-bond acceptors (Lipinski definition) is 5. The molecule has 3 rings (SSSR count). The molecule has 0 unspecified atom stereocenters. The minimum atomic E-state index is -0.455. The van der Waals surface area contributed by atoms with Crippen LogP contribution in [0.2, 0.25) is 0 Å². The van der Waals surface area contributed by atoms with Crippen LogP contribution in [0.25, 0.3) is 0 Å². The summed E-state index contributed by atoms with van der Waals surface area (Å²) in [4.78, 5) is 24.7. The van der Waals surface area contributed by atoms with Gasteiger partial charge in [0.2, 0.25) is 0 Å². The van der Waals surface area contributed by atoms with Crippen molar-refractivity contribution in [2.75, 3.05) is 18.0 Å². The average molecular weight is 352 g/mol. The zero-order valence-corrected chi connectivity index (χ0v) is 14.5. The second-order valence-corrected chi connectivity index (χ2v) is 6.19. The van der Waals surface area contributed by atoms with E-state index in [1.54, 1.807) is 19.1 Å². The Labute approximate surface area is 151 Å². The van der Waals surface area contributed by atoms with Crippen LogP contribution in [-0.2, 0) is 11.2 Å². The number of benzene rings is 2. The van der Waals surface area contributed by atoms with E-state index < -0.39 is 4.92 Å². The molecule has 7 heteroatoms. The first kappa shape index (κ1) is 17.6. The summed E-state index contributed by atoms with van der Waals surface area (Å²) in [6, 6.07) is 14.3. The summed E-state index contributed by atoms with van der Waals surface area (Å²) in [6.07, 6.45) is 2.04. The van der Waals surface area contributed by atoms with Crippen molar-refractivity contribution in [3.8, 4) is 0 Å². The van der Waals surface area contributed by atoms with Gasteiger partial charge in [-0.2, -0.15) is 5.10 Å². The van der Waals surface area contributed by atoms with E-state index in [2.05, 4.69) is 16.6 Å². The van der Waals surface area contributed by atoms with Crippen LogP contribution >= 0.6 is 0 Å². The molecule has 26 heavy (non-hydrogen) atoms. The molecule has 0 aliphatic carbocycles. The Morgan fingerprint density at radius 3 is 2.88 bits per heavy atom. The highest BCUT2D eigenvalue weighted by Crippen LogP contribution is 2.26. The molecule has 0 fully saturated rings. The minimum absolute atomic E-state index is 0.00620. The molecule has 0 saturated carbocycles. The monoisotopic (exact) mass is 352 g/mol. The number of non-ortho nitro benzene ring substituents is 1. The van der Waals surface area contributed by atoms with E-state index in [1.807, 2.05) is 23.1 Å². The number of fused-ring (bicyclic) bond motifs is 1. The number of rotatable bonds is 5. The van der Waals surface area contributed by atoms with Gasteiger partial charge in [-0.15, -0.1) is 0 Å². The van der Waals surface area contributed by atoms with Crippen molar-refractivity contribution in [2.45, 2.75) is 19.8 Å². The zero-order chi connectivity index (χ0) is 18.5. The predicted molar refractivity (Wildman–Crippen MR) is 100 cm³/mol. The molecule has 1 heterocycles. The van der Waals surface area contributed by atoms with Gasteiger partial charge in [0.1, 0.15) is 0 Å². The van der Waals surface area contributed by atoms with E-state index in [0.717, 1.165) is 25.1 Å². The van der Waals surface area contributed by atoms with E-state index in [0.29, 0.717) is 11.3 Å². The molecule has 1 N–H and O–H groups in total. The molecular weight excluding hydrogens is 332 g/mol. The van der Waals surface area contributed by atoms with Gasteiger partial charge < -0.3 is 4.90 Å². The van der Waals surface area contributed by atoms with Crippen molar-refractivity contribution >= 4 is 23.0 Å². The number of nitrogens with one attached hydrogen (secondary N) is 1. The van der Waals surface area contributed by atoms with Crippen molar-refractivity contribution in [1.82, 2.24) is 5.43 Å². The van der Waals surface area contributed by atoms with Gasteiger partial charge in [-0.25, -0.2) is 5.43 Å². The van der Waals surface area contributed by atoms with Crippen LogP contribution in [0.1, 0.15) is 24.5 Å². The van der Waals surface area contributed by atoms with Crippen molar-refractivity contribution in [2.24, 2.45) is 5.10 Å². The molecule has 0 radical (unpaired) electrons. The molecule has 0 aromatic heterocycles. The van der Waals surface area contributed by atoms with E-state index in [1.165, 1.54) is 17.7 Å². The molecule has 0 atom stereocenters. The summed E-state index contributed by atoms with van der Waals surface area (Å²) in [5.74, 6) is -0.216. The maximum absolute atomic E-state index is 12.3. The molecule has 0 saturated heterocycles. The Morgan fingerprint density at radius 1 is 1.27 bits per heavy atom. The zero-order valence-electron chi connectivity index (χ0n) is 14.5. The number of aryl methyl sites for hydroxylation is 1. The molecule has 2 aromatic carbocycles. The summed E-state index contributed by atoms with van der Waals surface area (Å²) >= 11 is 0. The molecule has 0 bridgehead atoms. The normalized spacial score (nSPS) is 13.9. The first-order valence-corrected chi connectivity index (χ1v) is 8.45. The lowest BCUT2D eigenvalue weighted by atomic mass is 10.0. The summed E-state index contributed by atoms with van der Waals surface area (Å²) in [6.45, 7) is 2.76. The SMILES string of the molecule is C/C(=N\NC(=O)CN1CCCc2ccccc21)c1cccc([N+](=O)[O-])c1. The number of nitrogens with zero attached hydrogens (tertiary/aromatic N) is 3. The molecule has 0 spiro atoms. The van der Waals surface area contributed by atoms with Crippen molar-refractivity contribution in [3.05, 3.63) is 69.8 Å². The number of anilines is 1. The lowest BCUT2D eigenvalue weighted by Crippen LogP contribution is -2.38. The number of carbonyl (C=O) groups is 1. The average Bonchev–Trinajstić information content (AvgIpc) is 2.66. The van der Waals surface area contributed by atoms with Crippen molar-refractivity contribution in [3.63, 3.8) is 0 Å². The first-order valence-electron chi connectivity index (χ1n) is 8.45. The van der Waals surface area contributed by atoms with Gasteiger partial charge in [-0.05, 0) is 31.4 Å². The van der Waals surface area contributed by atoms with Crippen LogP contribution in [0.3, 0.4) is 0 Å². The maximum Gasteiger partial charge on any atom is 0.270 e. The van der Waals surface area contributed by atoms with Gasteiger partial charge in [-0.3, -0.25) is 14.9 Å². The lowest BCUT2D eigenvalue weighted by molar-refractivity contribution is -0.384. The fourth-order valence-corrected chi connectivity index (χ4v) is 3.04. The van der Waals surface area contributed by atoms with E-state index >= 15 is 0 Å². The third-order valence-corrected chi connectivity index (χ3v) is 4.36. The van der Waals surface area contributed by atoms with Gasteiger partial charge >= 0.3 is 0 Å². The van der Waals surface area contributed by atoms with Gasteiger partial charge in [0.15, 0.2) is 0 Å². The summed E-state index contributed by atoms with van der Waals surface area (Å²) in [7, 11) is 0. The van der Waals surface area contributed by atoms with E-state index in [-0.39, 0.29) is 18.1 Å². The maximum atomic E-state index is 12.3. The molecule has 1 aliphatic rings. The van der Waals surface area contributed by atoms with Crippen LogP contribution < -0.4 is 10.3 Å². The first-order chi connectivity index (χ1) is 12.5. The number of carbonyl (C=O) groups excluding carboxylic acids is 1. The van der Waals surface area contributed by atoms with E-state index in [9.17, 15) is 14.9 Å². The van der Waals surface area contributed by atoms with Gasteiger partial charge in [-0.1, -0.05) is 30.3 Å². The smallest absolute Gasteiger partial charge is 0.270 e. The van der Waals surface area contributed by atoms with Crippen molar-refractivity contribution < 1.29 is 9.72 Å². The van der Waals surface area contributed by atoms with Crippen LogP contribution in [0.5, 0.6) is 0 Å². The predicted octanol–water partition coefficient (Wildman–Crippen LogP) is 2.89. The lowest BCUT2D eigenvalue weighted by Gasteiger charge is -2.30. The fourth-order valence-electron chi connectivity index (χ4n) is 3.04. The van der Waals surface area contributed by atoms with Crippen LogP contribution in [-0.4, -0.2) is 29.6 Å². The Morgan fingerprint density at radius 2 is 2.08 bits per heavy atom. The van der Waals surface area contributed by atoms with Gasteiger partial charge in [0.25, 0.3) is 11.6 Å². The molecule has 2 aromatic rings. The van der Waals surface area contributed by atoms with E-state index in [4.69, 9.17) is 0 Å². The minimum Gasteiger partial charge on any atom is -0.362 e. The Kier molecular flexibility index (Phi) is 5.26. The quantitative estimate of drug-likeness (QED) is 0.509. The van der Waals surface area contributed by atoms with Crippen LogP contribution in [0, 0.1) is 10.1 Å². The largest absolute Gasteiger partial charge is 0.362 e. The standard InChI is InChI=1S/C19H20N4O3/c1-14(16-7-4-9-17(12-16)23(25)26)20-21-19(24)13-22-11-5-8-15-6-2-3-10-18(15)22/h2-4,6-7,9-10,12H,5,8,11,13H2,1H3,(H,21,24)/b20-14+. The topological polar surface area (TPSA) is 87.8 Å². The summed E-state index contributed by atoms with van der Waals surface area (Å²) in [5.41, 5.74) is 6.00. The second-order valence-electron chi connectivity index (χ2n) is 6.19. The molecule has 1 amide bonds. The number of nitro benzene ring substituents is 1. The molecular formula is C19H20N4O3. The third kappa shape index (κ3) is 4.05. The highest BCUT2D eigenvalue weighted by molar-refractivity contribution is 5.99. The number of hydrazone groups is 1. The van der Waals surface area contributed by atoms with Gasteiger partial charge in [0.05, 0.1) is 17.2 Å². The molecule has 1 aliphatic heterocycles. The number of nitro groups is 1. The number of hydrogen-bond donors (Lipinski definition) is 1. The second kappa shape index (κ2) is 7.77. The third-order valence-electron chi connectivity index (χ3n) is 4.36. The Balaban J connectivity index is 1.65. The summed E-state index contributed by atoms with van der Waals surface area (Å²) < 4.78 is 0. The van der Waals surface area contributed by atoms with Crippen LogP contribution in [0.4, 0.5) is 11.4 Å². The van der Waals surface area contributed by atoms with Crippen molar-refractivity contribution in [1.29, 1.82) is 0 Å². The number of amides is 1. The highest BCUT2D eigenvalue weighted by atomic mass is 16.6. The molecule has 7 nitrogen and oxygen atoms in total. The Hall–Kier alpha value is -3.22.